The maximum atomic E-state index is 5.08. The molecule has 0 N–H and O–H groups in total. The highest BCUT2D eigenvalue weighted by molar-refractivity contribution is 7.39. The number of ether oxygens (including phenoxy) is 1. The zero-order chi connectivity index (χ0) is 19.8. The molecule has 0 aromatic carbocycles. The lowest BCUT2D eigenvalue weighted by Crippen LogP contribution is -2.06. The SMILES string of the molecule is C1CCCPCC1.C1CCPC1.C1CCPCC1.C1CPC1.C1CPCCO1. The zero-order valence-electron chi connectivity index (χ0n) is 18.5. The van der Waals surface area contributed by atoms with Crippen molar-refractivity contribution in [2.75, 3.05) is 74.8 Å². The Kier molecular flexibility index (Phi) is 25.5. The first-order chi connectivity index (χ1) is 14.0. The molecule has 5 rings (SSSR count). The van der Waals surface area contributed by atoms with Crippen LogP contribution in [0.25, 0.3) is 0 Å². The van der Waals surface area contributed by atoms with Crippen LogP contribution in [-0.2, 0) is 4.74 Å². The highest BCUT2D eigenvalue weighted by Gasteiger charge is 1.97. The lowest BCUT2D eigenvalue weighted by molar-refractivity contribution is 0.159. The van der Waals surface area contributed by atoms with Crippen LogP contribution in [0.2, 0.25) is 0 Å². The minimum atomic E-state index is 1.01. The summed E-state index contributed by atoms with van der Waals surface area (Å²) in [7, 11) is 6.40. The molecule has 1 nitrogen and oxygen atoms in total. The van der Waals surface area contributed by atoms with Crippen LogP contribution in [-0.4, -0.2) is 74.8 Å². The first kappa shape index (κ1) is 28.1. The maximum Gasteiger partial charge on any atom is 0.0503 e. The van der Waals surface area contributed by atoms with Gasteiger partial charge in [-0.25, -0.2) is 0 Å². The molecule has 5 saturated heterocycles. The highest BCUT2D eigenvalue weighted by Crippen LogP contribution is 2.23. The molecule has 5 aliphatic rings. The van der Waals surface area contributed by atoms with Gasteiger partial charge in [-0.1, -0.05) is 19.3 Å². The van der Waals surface area contributed by atoms with E-state index < -0.39 is 0 Å². The molecule has 6 heteroatoms. The highest BCUT2D eigenvalue weighted by atomic mass is 31.1. The summed E-state index contributed by atoms with van der Waals surface area (Å²) >= 11 is 0. The lowest BCUT2D eigenvalue weighted by atomic mass is 10.2. The van der Waals surface area contributed by atoms with E-state index in [-0.39, 0.29) is 0 Å². The summed E-state index contributed by atoms with van der Waals surface area (Å²) in [4.78, 5) is 0. The normalized spacial score (nSPS) is 24.0. The van der Waals surface area contributed by atoms with Crippen molar-refractivity contribution in [3.05, 3.63) is 0 Å². The van der Waals surface area contributed by atoms with Gasteiger partial charge in [-0.15, -0.1) is 42.9 Å². The van der Waals surface area contributed by atoms with Gasteiger partial charge in [0.05, 0.1) is 13.2 Å². The van der Waals surface area contributed by atoms with Crippen LogP contribution in [0.4, 0.5) is 0 Å². The molecule has 5 heterocycles. The van der Waals surface area contributed by atoms with Gasteiger partial charge in [0.15, 0.2) is 0 Å². The van der Waals surface area contributed by atoms with Crippen LogP contribution < -0.4 is 0 Å². The van der Waals surface area contributed by atoms with Crippen molar-refractivity contribution in [1.29, 1.82) is 0 Å². The molecule has 5 fully saturated rings. The van der Waals surface area contributed by atoms with Crippen molar-refractivity contribution in [1.82, 2.24) is 0 Å². The second kappa shape index (κ2) is 25.4. The van der Waals surface area contributed by atoms with Gasteiger partial charge in [-0.3, -0.25) is 0 Å². The van der Waals surface area contributed by atoms with E-state index in [1.165, 1.54) is 169 Å². The molecule has 0 aromatic rings. The molecule has 5 aliphatic heterocycles. The van der Waals surface area contributed by atoms with E-state index in [1.807, 2.05) is 0 Å². The number of hydrogen-bond acceptors (Lipinski definition) is 1. The van der Waals surface area contributed by atoms with Gasteiger partial charge in [-0.05, 0) is 107 Å². The Morgan fingerprint density at radius 1 is 0.286 bits per heavy atom. The van der Waals surface area contributed by atoms with Crippen molar-refractivity contribution in [2.24, 2.45) is 0 Å². The quantitative estimate of drug-likeness (QED) is 0.328. The fraction of sp³-hybridized carbons (Fsp3) is 1.00. The van der Waals surface area contributed by atoms with Crippen LogP contribution in [0.1, 0.15) is 64.2 Å². The molecule has 0 saturated carbocycles. The summed E-state index contributed by atoms with van der Waals surface area (Å²) in [5.41, 5.74) is 0. The number of hydrogen-bond donors (Lipinski definition) is 0. The summed E-state index contributed by atoms with van der Waals surface area (Å²) < 4.78 is 5.08. The van der Waals surface area contributed by atoms with Crippen LogP contribution in [0, 0.1) is 0 Å². The number of rotatable bonds is 0. The Labute approximate surface area is 186 Å². The second-order valence-electron chi connectivity index (χ2n) is 7.90. The monoisotopic (exact) mass is 484 g/mol. The van der Waals surface area contributed by atoms with E-state index in [1.54, 1.807) is 0 Å². The molecular weight excluding hydrogens is 435 g/mol. The van der Waals surface area contributed by atoms with Gasteiger partial charge in [0.2, 0.25) is 0 Å². The molecule has 0 atom stereocenters. The molecule has 0 aromatic heterocycles. The van der Waals surface area contributed by atoms with Crippen LogP contribution in [0.15, 0.2) is 0 Å². The van der Waals surface area contributed by atoms with Crippen molar-refractivity contribution < 1.29 is 4.74 Å². The average molecular weight is 485 g/mol. The largest absolute Gasteiger partial charge is 0.381 e. The Hall–Kier alpha value is 2.11. The molecule has 0 amide bonds. The summed E-state index contributed by atoms with van der Waals surface area (Å²) in [6, 6.07) is 0. The minimum absolute atomic E-state index is 1.01. The fourth-order valence-corrected chi connectivity index (χ4v) is 8.03. The van der Waals surface area contributed by atoms with Crippen LogP contribution in [0.5, 0.6) is 0 Å². The Balaban J connectivity index is 0.000000177. The predicted molar refractivity (Wildman–Crippen MR) is 147 cm³/mol. The van der Waals surface area contributed by atoms with Gasteiger partial charge in [0.25, 0.3) is 0 Å². The van der Waals surface area contributed by atoms with Crippen molar-refractivity contribution in [3.63, 3.8) is 0 Å². The van der Waals surface area contributed by atoms with E-state index in [4.69, 9.17) is 4.74 Å². The van der Waals surface area contributed by atoms with Crippen molar-refractivity contribution in [2.45, 2.75) is 64.2 Å². The lowest BCUT2D eigenvalue weighted by Gasteiger charge is -2.08. The van der Waals surface area contributed by atoms with Gasteiger partial charge in [0, 0.05) is 0 Å². The Bertz CT molecular complexity index is 212. The van der Waals surface area contributed by atoms with E-state index in [0.29, 0.717) is 0 Å². The van der Waals surface area contributed by atoms with Crippen LogP contribution in [0.3, 0.4) is 0 Å². The molecule has 0 radical (unpaired) electrons. The molecule has 28 heavy (non-hydrogen) atoms. The van der Waals surface area contributed by atoms with E-state index in [2.05, 4.69) is 0 Å². The predicted octanol–water partition coefficient (Wildman–Crippen LogP) is 7.31. The zero-order valence-corrected chi connectivity index (χ0v) is 23.5. The smallest absolute Gasteiger partial charge is 0.0503 e. The molecular formula is C22H49OP5. The summed E-state index contributed by atoms with van der Waals surface area (Å²) in [6.07, 6.45) is 29.9. The van der Waals surface area contributed by atoms with Crippen molar-refractivity contribution in [3.8, 4) is 0 Å². The van der Waals surface area contributed by atoms with Crippen LogP contribution >= 0.6 is 42.9 Å². The van der Waals surface area contributed by atoms with E-state index >= 15 is 0 Å². The van der Waals surface area contributed by atoms with E-state index in [0.717, 1.165) is 13.2 Å². The molecule has 0 aliphatic carbocycles. The first-order valence-electron chi connectivity index (χ1n) is 12.1. The third-order valence-corrected chi connectivity index (χ3v) is 11.9. The first-order valence-corrected chi connectivity index (χ1v) is 19.2. The second-order valence-corrected chi connectivity index (χ2v) is 15.4. The van der Waals surface area contributed by atoms with Gasteiger partial charge in [0.1, 0.15) is 0 Å². The third-order valence-electron chi connectivity index (χ3n) is 5.17. The summed E-state index contributed by atoms with van der Waals surface area (Å²) in [6.45, 7) is 2.02. The molecule has 0 spiro atoms. The minimum Gasteiger partial charge on any atom is -0.381 e. The topological polar surface area (TPSA) is 9.23 Å². The molecule has 0 unspecified atom stereocenters. The van der Waals surface area contributed by atoms with Gasteiger partial charge >= 0.3 is 0 Å². The van der Waals surface area contributed by atoms with Gasteiger partial charge < -0.3 is 4.74 Å². The Morgan fingerprint density at radius 2 is 0.536 bits per heavy atom. The standard InChI is InChI=1S/C6H13P.C5H11P.C4H9OP.C4H9P.C3H7P/c1-2-4-6-7-5-3-1;1-2-4-6-5-3-1;1-3-6-4-2-5-1;1-2-4-5-3-1;1-2-4-3-1/h7H,1-6H2;6H,1-5H2;6H,1-4H2;5H,1-4H2;4H,1-3H2. The molecule has 0 bridgehead atoms. The molecule has 168 valence electrons. The Morgan fingerprint density at radius 3 is 0.714 bits per heavy atom. The third kappa shape index (κ3) is 22.8. The summed E-state index contributed by atoms with van der Waals surface area (Å²) in [5.74, 6) is 0. The van der Waals surface area contributed by atoms with E-state index in [9.17, 15) is 0 Å². The maximum absolute atomic E-state index is 5.08. The fourth-order valence-electron chi connectivity index (χ4n) is 3.10. The van der Waals surface area contributed by atoms with Gasteiger partial charge in [-0.2, -0.15) is 0 Å². The van der Waals surface area contributed by atoms with Crippen molar-refractivity contribution >= 4 is 42.9 Å². The summed E-state index contributed by atoms with van der Waals surface area (Å²) in [5, 5.41) is 0. The average Bonchev–Trinajstić information content (AvgIpc) is 3.18.